The summed E-state index contributed by atoms with van der Waals surface area (Å²) in [6.07, 6.45) is 0. The van der Waals surface area contributed by atoms with E-state index in [4.69, 9.17) is 14.2 Å². The maximum absolute atomic E-state index is 12.6. The average Bonchev–Trinajstić information content (AvgIpc) is 2.59. The summed E-state index contributed by atoms with van der Waals surface area (Å²) in [5.41, 5.74) is 0. The zero-order valence-electron chi connectivity index (χ0n) is 14.2. The highest BCUT2D eigenvalue weighted by atomic mass is 79.9. The fourth-order valence-corrected chi connectivity index (χ4v) is 4.11. The SMILES string of the molecule is COc1ccccc1OCC(C)NS(=O)(=O)c1cc(Br)ccc1OC. The second kappa shape index (κ2) is 8.55. The molecule has 0 aliphatic rings. The minimum atomic E-state index is -3.76. The number of para-hydroxylation sites is 2. The molecule has 2 aromatic rings. The van der Waals surface area contributed by atoms with Crippen molar-refractivity contribution in [3.63, 3.8) is 0 Å². The van der Waals surface area contributed by atoms with E-state index in [9.17, 15) is 8.42 Å². The van der Waals surface area contributed by atoms with Crippen molar-refractivity contribution in [1.82, 2.24) is 4.72 Å². The number of nitrogens with one attached hydrogen (secondary N) is 1. The van der Waals surface area contributed by atoms with Crippen molar-refractivity contribution >= 4 is 26.0 Å². The van der Waals surface area contributed by atoms with Gasteiger partial charge in [0.05, 0.1) is 20.3 Å². The lowest BCUT2D eigenvalue weighted by molar-refractivity contribution is 0.271. The molecule has 1 N–H and O–H groups in total. The summed E-state index contributed by atoms with van der Waals surface area (Å²) in [4.78, 5) is 0.0634. The van der Waals surface area contributed by atoms with Crippen molar-refractivity contribution in [3.8, 4) is 17.2 Å². The first-order chi connectivity index (χ1) is 11.9. The molecule has 0 aliphatic carbocycles. The van der Waals surface area contributed by atoms with Crippen LogP contribution in [0.2, 0.25) is 0 Å². The van der Waals surface area contributed by atoms with Crippen LogP contribution >= 0.6 is 15.9 Å². The zero-order chi connectivity index (χ0) is 18.4. The normalized spacial score (nSPS) is 12.5. The Morgan fingerprint density at radius 3 is 2.32 bits per heavy atom. The number of methoxy groups -OCH3 is 2. The molecule has 25 heavy (non-hydrogen) atoms. The van der Waals surface area contributed by atoms with Crippen LogP contribution in [-0.2, 0) is 10.0 Å². The van der Waals surface area contributed by atoms with Gasteiger partial charge in [-0.3, -0.25) is 0 Å². The summed E-state index contributed by atoms with van der Waals surface area (Å²) in [5.74, 6) is 1.41. The quantitative estimate of drug-likeness (QED) is 0.697. The van der Waals surface area contributed by atoms with E-state index in [1.54, 1.807) is 38.3 Å². The van der Waals surface area contributed by atoms with Crippen molar-refractivity contribution in [2.75, 3.05) is 20.8 Å². The number of halogens is 1. The molecule has 2 aromatic carbocycles. The summed E-state index contributed by atoms with van der Waals surface area (Å²) in [6.45, 7) is 1.87. The molecule has 2 rings (SSSR count). The lowest BCUT2D eigenvalue weighted by Gasteiger charge is -2.17. The second-order valence-electron chi connectivity index (χ2n) is 5.28. The molecule has 6 nitrogen and oxygen atoms in total. The number of rotatable bonds is 8. The van der Waals surface area contributed by atoms with E-state index in [2.05, 4.69) is 20.7 Å². The highest BCUT2D eigenvalue weighted by Gasteiger charge is 2.22. The van der Waals surface area contributed by atoms with Gasteiger partial charge in [0.15, 0.2) is 11.5 Å². The first-order valence-corrected chi connectivity index (χ1v) is 9.76. The zero-order valence-corrected chi connectivity index (χ0v) is 16.6. The smallest absolute Gasteiger partial charge is 0.244 e. The van der Waals surface area contributed by atoms with Crippen LogP contribution in [0, 0.1) is 0 Å². The largest absolute Gasteiger partial charge is 0.495 e. The van der Waals surface area contributed by atoms with Gasteiger partial charge in [-0.05, 0) is 37.3 Å². The molecule has 0 aromatic heterocycles. The van der Waals surface area contributed by atoms with Crippen molar-refractivity contribution in [2.45, 2.75) is 17.9 Å². The van der Waals surface area contributed by atoms with Crippen LogP contribution in [0.25, 0.3) is 0 Å². The van der Waals surface area contributed by atoms with Crippen molar-refractivity contribution < 1.29 is 22.6 Å². The molecule has 0 amide bonds. The van der Waals surface area contributed by atoms with Crippen LogP contribution in [0.4, 0.5) is 0 Å². The lowest BCUT2D eigenvalue weighted by Crippen LogP contribution is -2.37. The van der Waals surface area contributed by atoms with E-state index in [1.165, 1.54) is 13.2 Å². The van der Waals surface area contributed by atoms with Gasteiger partial charge in [-0.1, -0.05) is 28.1 Å². The highest BCUT2D eigenvalue weighted by Crippen LogP contribution is 2.28. The molecular formula is C17H20BrNO5S. The van der Waals surface area contributed by atoms with Crippen LogP contribution in [0.15, 0.2) is 51.8 Å². The summed E-state index contributed by atoms with van der Waals surface area (Å²) in [5, 5.41) is 0. The topological polar surface area (TPSA) is 73.9 Å². The van der Waals surface area contributed by atoms with Gasteiger partial charge in [-0.15, -0.1) is 0 Å². The van der Waals surface area contributed by atoms with E-state index in [1.807, 2.05) is 12.1 Å². The third-order valence-electron chi connectivity index (χ3n) is 3.33. The maximum Gasteiger partial charge on any atom is 0.244 e. The highest BCUT2D eigenvalue weighted by molar-refractivity contribution is 9.10. The minimum absolute atomic E-state index is 0.0634. The molecular weight excluding hydrogens is 410 g/mol. The van der Waals surface area contributed by atoms with Gasteiger partial charge >= 0.3 is 0 Å². The molecule has 0 radical (unpaired) electrons. The van der Waals surface area contributed by atoms with E-state index in [0.29, 0.717) is 16.0 Å². The molecule has 0 saturated heterocycles. The number of hydrogen-bond acceptors (Lipinski definition) is 5. The molecule has 0 spiro atoms. The Hall–Kier alpha value is -1.77. The van der Waals surface area contributed by atoms with E-state index < -0.39 is 16.1 Å². The molecule has 0 heterocycles. The molecule has 8 heteroatoms. The molecule has 0 bridgehead atoms. The van der Waals surface area contributed by atoms with Crippen LogP contribution in [0.1, 0.15) is 6.92 Å². The van der Waals surface area contributed by atoms with E-state index in [0.717, 1.165) is 0 Å². The monoisotopic (exact) mass is 429 g/mol. The van der Waals surface area contributed by atoms with Crippen molar-refractivity contribution in [1.29, 1.82) is 0 Å². The van der Waals surface area contributed by atoms with E-state index in [-0.39, 0.29) is 17.3 Å². The maximum atomic E-state index is 12.6. The molecule has 1 atom stereocenters. The van der Waals surface area contributed by atoms with Crippen LogP contribution in [-0.4, -0.2) is 35.3 Å². The van der Waals surface area contributed by atoms with Crippen LogP contribution in [0.5, 0.6) is 17.2 Å². The van der Waals surface area contributed by atoms with Gasteiger partial charge in [0.2, 0.25) is 10.0 Å². The minimum Gasteiger partial charge on any atom is -0.495 e. The Bertz CT molecular complexity index is 826. The average molecular weight is 430 g/mol. The van der Waals surface area contributed by atoms with Gasteiger partial charge in [0, 0.05) is 4.47 Å². The number of sulfonamides is 1. The third kappa shape index (κ3) is 5.10. The lowest BCUT2D eigenvalue weighted by atomic mass is 10.3. The standard InChI is InChI=1S/C17H20BrNO5S/c1-12(11-24-15-7-5-4-6-14(15)22-2)19-25(20,21)17-10-13(18)8-9-16(17)23-3/h4-10,12,19H,11H2,1-3H3. The van der Waals surface area contributed by atoms with E-state index >= 15 is 0 Å². The first kappa shape index (κ1) is 19.6. The predicted molar refractivity (Wildman–Crippen MR) is 99.0 cm³/mol. The summed E-state index contributed by atoms with van der Waals surface area (Å²) >= 11 is 3.28. The third-order valence-corrected chi connectivity index (χ3v) is 5.43. The van der Waals surface area contributed by atoms with Crippen molar-refractivity contribution in [2.24, 2.45) is 0 Å². The Morgan fingerprint density at radius 2 is 1.68 bits per heavy atom. The summed E-state index contributed by atoms with van der Waals surface area (Å²) in [7, 11) is -0.785. The van der Waals surface area contributed by atoms with Crippen LogP contribution < -0.4 is 18.9 Å². The second-order valence-corrected chi connectivity index (χ2v) is 7.88. The van der Waals surface area contributed by atoms with Crippen molar-refractivity contribution in [3.05, 3.63) is 46.9 Å². The molecule has 1 unspecified atom stereocenters. The Morgan fingerprint density at radius 1 is 1.04 bits per heavy atom. The van der Waals surface area contributed by atoms with Crippen LogP contribution in [0.3, 0.4) is 0 Å². The predicted octanol–water partition coefficient (Wildman–Crippen LogP) is 3.21. The van der Waals surface area contributed by atoms with Gasteiger partial charge in [-0.25, -0.2) is 13.1 Å². The van der Waals surface area contributed by atoms with Gasteiger partial charge in [0.1, 0.15) is 17.3 Å². The number of ether oxygens (including phenoxy) is 3. The fraction of sp³-hybridized carbons (Fsp3) is 0.294. The summed E-state index contributed by atoms with van der Waals surface area (Å²) < 4.78 is 44.5. The van der Waals surface area contributed by atoms with Gasteiger partial charge in [0.25, 0.3) is 0 Å². The number of hydrogen-bond donors (Lipinski definition) is 1. The Balaban J connectivity index is 2.09. The Kier molecular flexibility index (Phi) is 6.69. The number of benzene rings is 2. The van der Waals surface area contributed by atoms with Gasteiger partial charge in [-0.2, -0.15) is 0 Å². The molecule has 0 fully saturated rings. The molecule has 136 valence electrons. The molecule has 0 saturated carbocycles. The van der Waals surface area contributed by atoms with Gasteiger partial charge < -0.3 is 14.2 Å². The summed E-state index contributed by atoms with van der Waals surface area (Å²) in [6, 6.07) is 11.5. The Labute approximate surface area is 156 Å². The fourth-order valence-electron chi connectivity index (χ4n) is 2.18. The first-order valence-electron chi connectivity index (χ1n) is 7.49. The molecule has 0 aliphatic heterocycles.